The van der Waals surface area contributed by atoms with Crippen molar-refractivity contribution in [2.45, 2.75) is 10.9 Å². The van der Waals surface area contributed by atoms with Gasteiger partial charge in [-0.15, -0.1) is 0 Å². The fourth-order valence-corrected chi connectivity index (χ4v) is 3.64. The average Bonchev–Trinajstić information content (AvgIpc) is 2.44. The van der Waals surface area contributed by atoms with Crippen LogP contribution in [-0.2, 0) is 14.8 Å². The van der Waals surface area contributed by atoms with Crippen LogP contribution in [0.25, 0.3) is 0 Å². The molecule has 6 nitrogen and oxygen atoms in total. The third kappa shape index (κ3) is 2.49. The monoisotopic (exact) mass is 308 g/mol. The summed E-state index contributed by atoms with van der Waals surface area (Å²) in [5.41, 5.74) is 4.32. The third-order valence-electron chi connectivity index (χ3n) is 3.06. The fraction of sp³-hybridized carbons (Fsp3) is 0.455. The number of nitrogens with two attached hydrogens (primary N) is 1. The van der Waals surface area contributed by atoms with Crippen molar-refractivity contribution in [1.82, 2.24) is 4.31 Å². The lowest BCUT2D eigenvalue weighted by molar-refractivity contribution is 0.0108. The number of nitrogen functional groups attached to an aromatic ring is 1. The number of halogens is 2. The van der Waals surface area contributed by atoms with Crippen molar-refractivity contribution in [3.05, 3.63) is 23.8 Å². The van der Waals surface area contributed by atoms with Crippen LogP contribution in [0, 0.1) is 11.6 Å². The van der Waals surface area contributed by atoms with E-state index >= 15 is 0 Å². The van der Waals surface area contributed by atoms with Crippen LogP contribution in [0.1, 0.15) is 0 Å². The highest BCUT2D eigenvalue weighted by molar-refractivity contribution is 7.89. The summed E-state index contributed by atoms with van der Waals surface area (Å²) in [5.74, 6) is -2.35. The maximum absolute atomic E-state index is 13.9. The van der Waals surface area contributed by atoms with Gasteiger partial charge in [0.05, 0.1) is 25.9 Å². The number of nitrogens with zero attached hydrogens (tertiary/aromatic N) is 1. The van der Waals surface area contributed by atoms with Crippen molar-refractivity contribution in [2.24, 2.45) is 0 Å². The standard InChI is InChI=1S/C11H14F2N2O4S/c12-8-1-2-9(10(13)11(8)14)20(17,18)15-3-4-19-6-7(15)5-16/h1-2,7,16H,3-6,14H2. The van der Waals surface area contributed by atoms with E-state index in [1.165, 1.54) is 0 Å². The molecule has 1 fully saturated rings. The zero-order chi connectivity index (χ0) is 14.9. The zero-order valence-electron chi connectivity index (χ0n) is 10.4. The van der Waals surface area contributed by atoms with E-state index in [1.54, 1.807) is 0 Å². The van der Waals surface area contributed by atoms with Gasteiger partial charge in [0.25, 0.3) is 0 Å². The molecule has 1 heterocycles. The summed E-state index contributed by atoms with van der Waals surface area (Å²) in [7, 11) is -4.22. The number of aliphatic hydroxyl groups is 1. The number of sulfonamides is 1. The number of hydrogen-bond acceptors (Lipinski definition) is 5. The van der Waals surface area contributed by atoms with Crippen LogP contribution < -0.4 is 5.73 Å². The molecule has 1 unspecified atom stereocenters. The fourth-order valence-electron chi connectivity index (χ4n) is 1.97. The van der Waals surface area contributed by atoms with Gasteiger partial charge in [0.1, 0.15) is 16.4 Å². The molecule has 1 atom stereocenters. The second-order valence-corrected chi connectivity index (χ2v) is 6.16. The number of benzene rings is 1. The summed E-state index contributed by atoms with van der Waals surface area (Å²) in [6, 6.07) is 0.805. The van der Waals surface area contributed by atoms with Gasteiger partial charge in [-0.25, -0.2) is 17.2 Å². The van der Waals surface area contributed by atoms with Crippen molar-refractivity contribution in [3.8, 4) is 0 Å². The van der Waals surface area contributed by atoms with Gasteiger partial charge in [0.2, 0.25) is 10.0 Å². The quantitative estimate of drug-likeness (QED) is 0.763. The molecule has 20 heavy (non-hydrogen) atoms. The number of morpholine rings is 1. The van der Waals surface area contributed by atoms with Crippen molar-refractivity contribution in [1.29, 1.82) is 0 Å². The van der Waals surface area contributed by atoms with Crippen molar-refractivity contribution in [2.75, 3.05) is 32.1 Å². The molecule has 0 bridgehead atoms. The van der Waals surface area contributed by atoms with E-state index in [-0.39, 0.29) is 19.8 Å². The molecular weight excluding hydrogens is 294 g/mol. The highest BCUT2D eigenvalue weighted by atomic mass is 32.2. The summed E-state index contributed by atoms with van der Waals surface area (Å²) >= 11 is 0. The Morgan fingerprint density at radius 1 is 1.45 bits per heavy atom. The molecule has 1 aliphatic heterocycles. The minimum absolute atomic E-state index is 0.00796. The molecule has 1 aromatic carbocycles. The smallest absolute Gasteiger partial charge is 0.246 e. The van der Waals surface area contributed by atoms with E-state index in [2.05, 4.69) is 0 Å². The number of anilines is 1. The first-order valence-corrected chi connectivity index (χ1v) is 7.27. The second kappa shape index (κ2) is 5.60. The second-order valence-electron chi connectivity index (χ2n) is 4.30. The van der Waals surface area contributed by atoms with E-state index in [0.717, 1.165) is 16.4 Å². The molecule has 3 N–H and O–H groups in total. The summed E-state index contributed by atoms with van der Waals surface area (Å²) < 4.78 is 57.7. The lowest BCUT2D eigenvalue weighted by Crippen LogP contribution is -2.50. The van der Waals surface area contributed by atoms with Gasteiger partial charge in [0, 0.05) is 6.54 Å². The van der Waals surface area contributed by atoms with Crippen LogP contribution in [0.4, 0.5) is 14.5 Å². The zero-order valence-corrected chi connectivity index (χ0v) is 11.2. The largest absolute Gasteiger partial charge is 0.395 e. The number of aliphatic hydroxyl groups excluding tert-OH is 1. The molecule has 0 amide bonds. The maximum atomic E-state index is 13.9. The Bertz CT molecular complexity index is 609. The van der Waals surface area contributed by atoms with Gasteiger partial charge in [-0.1, -0.05) is 0 Å². The average molecular weight is 308 g/mol. The Morgan fingerprint density at radius 3 is 2.80 bits per heavy atom. The van der Waals surface area contributed by atoms with Gasteiger partial charge in [0.15, 0.2) is 5.82 Å². The molecule has 112 valence electrons. The molecule has 1 aromatic rings. The summed E-state index contributed by atoms with van der Waals surface area (Å²) in [5, 5.41) is 9.18. The molecule has 0 spiro atoms. The SMILES string of the molecule is Nc1c(F)ccc(S(=O)(=O)N2CCOCC2CO)c1F. The van der Waals surface area contributed by atoms with E-state index < -0.39 is 44.9 Å². The number of ether oxygens (including phenoxy) is 1. The predicted molar refractivity (Wildman–Crippen MR) is 66.4 cm³/mol. The van der Waals surface area contributed by atoms with Crippen LogP contribution in [0.5, 0.6) is 0 Å². The van der Waals surface area contributed by atoms with Gasteiger partial charge >= 0.3 is 0 Å². The van der Waals surface area contributed by atoms with Crippen molar-refractivity contribution >= 4 is 15.7 Å². The molecule has 0 saturated carbocycles. The van der Waals surface area contributed by atoms with Crippen LogP contribution in [-0.4, -0.2) is 50.2 Å². The summed E-state index contributed by atoms with van der Waals surface area (Å²) in [6.45, 7) is -0.343. The highest BCUT2D eigenvalue weighted by Crippen LogP contribution is 2.27. The molecule has 0 aromatic heterocycles. The molecule has 2 rings (SSSR count). The van der Waals surface area contributed by atoms with Crippen molar-refractivity contribution in [3.63, 3.8) is 0 Å². The van der Waals surface area contributed by atoms with Crippen molar-refractivity contribution < 1.29 is 27.0 Å². The molecule has 9 heteroatoms. The van der Waals surface area contributed by atoms with E-state index in [1.807, 2.05) is 0 Å². The summed E-state index contributed by atoms with van der Waals surface area (Å²) in [4.78, 5) is -0.711. The van der Waals surface area contributed by atoms with Crippen LogP contribution >= 0.6 is 0 Å². The lowest BCUT2D eigenvalue weighted by Gasteiger charge is -2.33. The maximum Gasteiger partial charge on any atom is 0.246 e. The Balaban J connectivity index is 2.47. The minimum atomic E-state index is -4.22. The number of rotatable bonds is 3. The first-order chi connectivity index (χ1) is 9.39. The van der Waals surface area contributed by atoms with Gasteiger partial charge < -0.3 is 15.6 Å². The van der Waals surface area contributed by atoms with E-state index in [0.29, 0.717) is 0 Å². The Labute approximate surface area is 114 Å². The molecule has 0 radical (unpaired) electrons. The Morgan fingerprint density at radius 2 is 2.15 bits per heavy atom. The van der Waals surface area contributed by atoms with Gasteiger partial charge in [-0.2, -0.15) is 4.31 Å². The highest BCUT2D eigenvalue weighted by Gasteiger charge is 2.36. The van der Waals surface area contributed by atoms with Crippen LogP contribution in [0.3, 0.4) is 0 Å². The van der Waals surface area contributed by atoms with Gasteiger partial charge in [-0.3, -0.25) is 0 Å². The topological polar surface area (TPSA) is 92.9 Å². The minimum Gasteiger partial charge on any atom is -0.395 e. The normalized spacial score (nSPS) is 21.1. The van der Waals surface area contributed by atoms with Gasteiger partial charge in [-0.05, 0) is 12.1 Å². The third-order valence-corrected chi connectivity index (χ3v) is 5.03. The van der Waals surface area contributed by atoms with E-state index in [4.69, 9.17) is 10.5 Å². The molecule has 1 saturated heterocycles. The first kappa shape index (κ1) is 15.1. The lowest BCUT2D eigenvalue weighted by atomic mass is 10.3. The Kier molecular flexibility index (Phi) is 4.23. The molecular formula is C11H14F2N2O4S. The number of hydrogen-bond donors (Lipinski definition) is 2. The predicted octanol–water partition coefficient (Wildman–Crippen LogP) is -0.0712. The van der Waals surface area contributed by atoms with Crippen LogP contribution in [0.2, 0.25) is 0 Å². The van der Waals surface area contributed by atoms with E-state index in [9.17, 15) is 22.3 Å². The molecule has 1 aliphatic rings. The Hall–Kier alpha value is -1.29. The first-order valence-electron chi connectivity index (χ1n) is 5.83. The molecule has 0 aliphatic carbocycles. The summed E-state index contributed by atoms with van der Waals surface area (Å²) in [6.07, 6.45) is 0. The van der Waals surface area contributed by atoms with Crippen LogP contribution in [0.15, 0.2) is 17.0 Å².